The van der Waals surface area contributed by atoms with Gasteiger partial charge in [-0.15, -0.1) is 0 Å². The van der Waals surface area contributed by atoms with E-state index in [1.807, 2.05) is 31.3 Å². The van der Waals surface area contributed by atoms with E-state index in [-0.39, 0.29) is 12.5 Å². The molecule has 0 saturated carbocycles. The number of nitrogens with zero attached hydrogens (tertiary/aromatic N) is 3. The molecule has 0 radical (unpaired) electrons. The van der Waals surface area contributed by atoms with Crippen molar-refractivity contribution in [3.63, 3.8) is 0 Å². The first kappa shape index (κ1) is 13.1. The molecule has 2 N–H and O–H groups in total. The summed E-state index contributed by atoms with van der Waals surface area (Å²) < 4.78 is 1.64. The van der Waals surface area contributed by atoms with E-state index in [1.54, 1.807) is 29.9 Å². The molecular formula is C14H18N4O. The van der Waals surface area contributed by atoms with Crippen molar-refractivity contribution >= 4 is 11.6 Å². The molecule has 0 unspecified atom stereocenters. The van der Waals surface area contributed by atoms with Gasteiger partial charge in [-0.05, 0) is 24.1 Å². The minimum Gasteiger partial charge on any atom is -0.398 e. The van der Waals surface area contributed by atoms with Gasteiger partial charge >= 0.3 is 0 Å². The molecule has 5 nitrogen and oxygen atoms in total. The van der Waals surface area contributed by atoms with Crippen LogP contribution in [0.2, 0.25) is 0 Å². The molecular weight excluding hydrogens is 240 g/mol. The number of nitrogens with two attached hydrogens (primary N) is 1. The van der Waals surface area contributed by atoms with Crippen LogP contribution in [-0.4, -0.2) is 34.7 Å². The molecule has 0 fully saturated rings. The molecule has 0 spiro atoms. The third kappa shape index (κ3) is 2.76. The van der Waals surface area contributed by atoms with Crippen molar-refractivity contribution in [1.29, 1.82) is 0 Å². The summed E-state index contributed by atoms with van der Waals surface area (Å²) >= 11 is 0. The minimum absolute atomic E-state index is 0.0129. The Morgan fingerprint density at radius 1 is 1.42 bits per heavy atom. The molecule has 0 aliphatic carbocycles. The van der Waals surface area contributed by atoms with Gasteiger partial charge in [0.15, 0.2) is 0 Å². The van der Waals surface area contributed by atoms with Crippen LogP contribution >= 0.6 is 0 Å². The molecule has 2 aromatic rings. The molecule has 0 saturated heterocycles. The first-order valence-electron chi connectivity index (χ1n) is 6.07. The highest BCUT2D eigenvalue weighted by atomic mass is 16.2. The third-order valence-corrected chi connectivity index (χ3v) is 3.12. The zero-order chi connectivity index (χ0) is 14.0. The summed E-state index contributed by atoms with van der Waals surface area (Å²) in [7, 11) is 3.46. The smallest absolute Gasteiger partial charge is 0.243 e. The number of benzene rings is 1. The van der Waals surface area contributed by atoms with Crippen LogP contribution < -0.4 is 5.73 Å². The van der Waals surface area contributed by atoms with Crippen molar-refractivity contribution in [3.05, 3.63) is 36.2 Å². The van der Waals surface area contributed by atoms with Crippen LogP contribution in [0, 0.1) is 6.92 Å². The number of likely N-dealkylation sites (N-methyl/N-ethyl adjacent to an activating group) is 1. The molecule has 1 aromatic heterocycles. The molecule has 0 aliphatic heterocycles. The van der Waals surface area contributed by atoms with Gasteiger partial charge in [-0.3, -0.25) is 9.48 Å². The predicted molar refractivity (Wildman–Crippen MR) is 75.5 cm³/mol. The van der Waals surface area contributed by atoms with Crippen molar-refractivity contribution < 1.29 is 4.79 Å². The number of hydrogen-bond donors (Lipinski definition) is 1. The van der Waals surface area contributed by atoms with Crippen LogP contribution in [0.5, 0.6) is 0 Å². The summed E-state index contributed by atoms with van der Waals surface area (Å²) in [6.07, 6.45) is 3.62. The normalized spacial score (nSPS) is 10.5. The number of amides is 1. The van der Waals surface area contributed by atoms with Gasteiger partial charge in [-0.2, -0.15) is 5.10 Å². The topological polar surface area (TPSA) is 64.1 Å². The molecule has 1 heterocycles. The third-order valence-electron chi connectivity index (χ3n) is 3.12. The van der Waals surface area contributed by atoms with Crippen LogP contribution in [0.1, 0.15) is 5.56 Å². The predicted octanol–water partition coefficient (Wildman–Crippen LogP) is 1.53. The number of anilines is 1. The highest BCUT2D eigenvalue weighted by Crippen LogP contribution is 2.26. The van der Waals surface area contributed by atoms with Gasteiger partial charge < -0.3 is 10.6 Å². The van der Waals surface area contributed by atoms with Crippen molar-refractivity contribution in [2.45, 2.75) is 13.5 Å². The molecule has 1 amide bonds. The Bertz CT molecular complexity index is 601. The van der Waals surface area contributed by atoms with Crippen LogP contribution in [0.15, 0.2) is 30.6 Å². The lowest BCUT2D eigenvalue weighted by molar-refractivity contribution is -0.129. The van der Waals surface area contributed by atoms with E-state index in [0.29, 0.717) is 0 Å². The SMILES string of the molecule is Cc1c(N)cccc1-c1cnn(CC(=O)N(C)C)c1. The molecule has 0 atom stereocenters. The van der Waals surface area contributed by atoms with E-state index < -0.39 is 0 Å². The van der Waals surface area contributed by atoms with Crippen molar-refractivity contribution in [3.8, 4) is 11.1 Å². The van der Waals surface area contributed by atoms with Gasteiger partial charge in [-0.1, -0.05) is 12.1 Å². The highest BCUT2D eigenvalue weighted by Gasteiger charge is 2.09. The Labute approximate surface area is 112 Å². The minimum atomic E-state index is 0.0129. The Kier molecular flexibility index (Phi) is 3.55. The van der Waals surface area contributed by atoms with Gasteiger partial charge in [0.2, 0.25) is 5.91 Å². The van der Waals surface area contributed by atoms with E-state index in [9.17, 15) is 4.79 Å². The largest absolute Gasteiger partial charge is 0.398 e. The summed E-state index contributed by atoms with van der Waals surface area (Å²) in [6, 6.07) is 5.79. The second-order valence-electron chi connectivity index (χ2n) is 4.73. The fourth-order valence-corrected chi connectivity index (χ4v) is 1.84. The molecule has 0 bridgehead atoms. The number of hydrogen-bond acceptors (Lipinski definition) is 3. The first-order chi connectivity index (χ1) is 8.99. The average molecular weight is 258 g/mol. The van der Waals surface area contributed by atoms with Crippen LogP contribution in [0.25, 0.3) is 11.1 Å². The fourth-order valence-electron chi connectivity index (χ4n) is 1.84. The maximum Gasteiger partial charge on any atom is 0.243 e. The van der Waals surface area contributed by atoms with Gasteiger partial charge in [0.1, 0.15) is 6.54 Å². The standard InChI is InChI=1S/C14H18N4O/c1-10-12(5-4-6-13(10)15)11-7-16-18(8-11)9-14(19)17(2)3/h4-8H,9,15H2,1-3H3. The number of carbonyl (C=O) groups excluding carboxylic acids is 1. The highest BCUT2D eigenvalue weighted by molar-refractivity contribution is 5.76. The second kappa shape index (κ2) is 5.14. The van der Waals surface area contributed by atoms with Gasteiger partial charge in [0.25, 0.3) is 0 Å². The Balaban J connectivity index is 2.26. The van der Waals surface area contributed by atoms with Crippen molar-refractivity contribution in [2.24, 2.45) is 0 Å². The quantitative estimate of drug-likeness (QED) is 0.849. The zero-order valence-electron chi connectivity index (χ0n) is 11.4. The van der Waals surface area contributed by atoms with E-state index in [1.165, 1.54) is 0 Å². The Morgan fingerprint density at radius 2 is 2.16 bits per heavy atom. The number of aromatic nitrogens is 2. The van der Waals surface area contributed by atoms with Crippen LogP contribution in [-0.2, 0) is 11.3 Å². The lowest BCUT2D eigenvalue weighted by Gasteiger charge is -2.09. The summed E-state index contributed by atoms with van der Waals surface area (Å²) in [5.74, 6) is 0.0129. The number of rotatable bonds is 3. The van der Waals surface area contributed by atoms with Gasteiger partial charge in [0.05, 0.1) is 6.20 Å². The van der Waals surface area contributed by atoms with Crippen LogP contribution in [0.4, 0.5) is 5.69 Å². The monoisotopic (exact) mass is 258 g/mol. The Morgan fingerprint density at radius 3 is 2.84 bits per heavy atom. The second-order valence-corrected chi connectivity index (χ2v) is 4.73. The zero-order valence-corrected chi connectivity index (χ0v) is 11.4. The number of carbonyl (C=O) groups is 1. The van der Waals surface area contributed by atoms with E-state index in [2.05, 4.69) is 5.10 Å². The molecule has 2 rings (SSSR count). The fraction of sp³-hybridized carbons (Fsp3) is 0.286. The Hall–Kier alpha value is -2.30. The van der Waals surface area contributed by atoms with E-state index in [0.717, 1.165) is 22.4 Å². The molecule has 1 aromatic carbocycles. The number of nitrogen functional groups attached to an aromatic ring is 1. The van der Waals surface area contributed by atoms with Crippen molar-refractivity contribution in [1.82, 2.24) is 14.7 Å². The lowest BCUT2D eigenvalue weighted by atomic mass is 10.0. The van der Waals surface area contributed by atoms with Crippen molar-refractivity contribution in [2.75, 3.05) is 19.8 Å². The summed E-state index contributed by atoms with van der Waals surface area (Å²) in [4.78, 5) is 13.2. The lowest BCUT2D eigenvalue weighted by Crippen LogP contribution is -2.26. The van der Waals surface area contributed by atoms with E-state index >= 15 is 0 Å². The summed E-state index contributed by atoms with van der Waals surface area (Å²) in [5.41, 5.74) is 9.70. The van der Waals surface area contributed by atoms with Gasteiger partial charge in [-0.25, -0.2) is 0 Å². The van der Waals surface area contributed by atoms with E-state index in [4.69, 9.17) is 5.73 Å². The first-order valence-corrected chi connectivity index (χ1v) is 6.07. The van der Waals surface area contributed by atoms with Gasteiger partial charge in [0, 0.05) is 31.5 Å². The molecule has 19 heavy (non-hydrogen) atoms. The molecule has 0 aliphatic rings. The molecule has 5 heteroatoms. The van der Waals surface area contributed by atoms with Crippen LogP contribution in [0.3, 0.4) is 0 Å². The molecule has 100 valence electrons. The maximum atomic E-state index is 11.6. The summed E-state index contributed by atoms with van der Waals surface area (Å²) in [6.45, 7) is 2.22. The summed E-state index contributed by atoms with van der Waals surface area (Å²) in [5, 5.41) is 4.21. The maximum absolute atomic E-state index is 11.6. The average Bonchev–Trinajstić information content (AvgIpc) is 2.81.